The van der Waals surface area contributed by atoms with Crippen LogP contribution in [0.4, 0.5) is 5.69 Å². The van der Waals surface area contributed by atoms with Gasteiger partial charge in [-0.3, -0.25) is 14.4 Å². The Hall–Kier alpha value is -2.37. The summed E-state index contributed by atoms with van der Waals surface area (Å²) >= 11 is 0. The van der Waals surface area contributed by atoms with Crippen molar-refractivity contribution in [3.63, 3.8) is 0 Å². The molecular formula is C18H23N3O3. The van der Waals surface area contributed by atoms with Crippen molar-refractivity contribution in [3.8, 4) is 0 Å². The maximum absolute atomic E-state index is 12.8. The molecule has 3 rings (SSSR count). The molecule has 6 heteroatoms. The zero-order valence-corrected chi connectivity index (χ0v) is 13.9. The van der Waals surface area contributed by atoms with E-state index < -0.39 is 6.04 Å². The number of carbonyl (C=O) groups excluding carboxylic acids is 3. The minimum atomic E-state index is -0.517. The van der Waals surface area contributed by atoms with Crippen molar-refractivity contribution in [1.29, 1.82) is 0 Å². The van der Waals surface area contributed by atoms with Gasteiger partial charge >= 0.3 is 0 Å². The molecule has 3 amide bonds. The first kappa shape index (κ1) is 16.5. The highest BCUT2D eigenvalue weighted by atomic mass is 16.2. The molecule has 2 fully saturated rings. The molecule has 0 bridgehead atoms. The molecule has 0 spiro atoms. The normalized spacial score (nSPS) is 21.5. The molecule has 0 aromatic heterocycles. The third-order valence-corrected chi connectivity index (χ3v) is 4.80. The van der Waals surface area contributed by atoms with E-state index in [1.165, 1.54) is 0 Å². The van der Waals surface area contributed by atoms with Gasteiger partial charge in [0.25, 0.3) is 5.91 Å². The summed E-state index contributed by atoms with van der Waals surface area (Å²) in [7, 11) is 0. The van der Waals surface area contributed by atoms with Crippen molar-refractivity contribution in [2.24, 2.45) is 5.92 Å². The van der Waals surface area contributed by atoms with E-state index >= 15 is 0 Å². The van der Waals surface area contributed by atoms with E-state index in [1.54, 1.807) is 24.3 Å². The smallest absolute Gasteiger partial charge is 0.255 e. The second-order valence-electron chi connectivity index (χ2n) is 6.67. The lowest BCUT2D eigenvalue weighted by atomic mass is 9.98. The minimum Gasteiger partial charge on any atom is -0.344 e. The summed E-state index contributed by atoms with van der Waals surface area (Å²) in [6, 6.07) is 6.54. The Labute approximate surface area is 141 Å². The van der Waals surface area contributed by atoms with Gasteiger partial charge in [0.05, 0.1) is 11.3 Å². The summed E-state index contributed by atoms with van der Waals surface area (Å²) < 4.78 is 0. The van der Waals surface area contributed by atoms with Crippen LogP contribution in [-0.4, -0.2) is 41.8 Å². The van der Waals surface area contributed by atoms with Crippen LogP contribution in [0.5, 0.6) is 0 Å². The Bertz CT molecular complexity index is 651. The molecule has 0 aliphatic carbocycles. The van der Waals surface area contributed by atoms with E-state index in [0.29, 0.717) is 30.0 Å². The molecule has 1 aromatic rings. The van der Waals surface area contributed by atoms with Gasteiger partial charge in [0.15, 0.2) is 0 Å². The second-order valence-corrected chi connectivity index (χ2v) is 6.67. The fraction of sp³-hybridized carbons (Fsp3) is 0.500. The van der Waals surface area contributed by atoms with Crippen molar-refractivity contribution < 1.29 is 14.4 Å². The molecule has 0 saturated carbocycles. The number of carbonyl (C=O) groups is 3. The number of nitrogens with zero attached hydrogens (tertiary/aromatic N) is 1. The van der Waals surface area contributed by atoms with Crippen molar-refractivity contribution >= 4 is 23.4 Å². The summed E-state index contributed by atoms with van der Waals surface area (Å²) in [6.07, 6.45) is 2.87. The molecule has 6 nitrogen and oxygen atoms in total. The summed E-state index contributed by atoms with van der Waals surface area (Å²) in [5.74, 6) is 0.221. The average molecular weight is 329 g/mol. The van der Waals surface area contributed by atoms with Crippen LogP contribution >= 0.6 is 0 Å². The van der Waals surface area contributed by atoms with Gasteiger partial charge in [0.1, 0.15) is 6.04 Å². The number of likely N-dealkylation sites (tertiary alicyclic amines) is 1. The predicted molar refractivity (Wildman–Crippen MR) is 90.5 cm³/mol. The monoisotopic (exact) mass is 329 g/mol. The lowest BCUT2D eigenvalue weighted by molar-refractivity contribution is -0.122. The standard InChI is InChI=1S/C18H23N3O3/c1-12-8-10-21(11-9-12)18(24)13-4-2-3-5-14(13)20-17(23)15-6-7-16(22)19-15/h2-5,12,15H,6-11H2,1H3,(H,19,22)(H,20,23). The van der Waals surface area contributed by atoms with Gasteiger partial charge in [-0.05, 0) is 37.3 Å². The SMILES string of the molecule is CC1CCN(C(=O)c2ccccc2NC(=O)C2CCC(=O)N2)CC1. The van der Waals surface area contributed by atoms with Crippen molar-refractivity contribution in [2.75, 3.05) is 18.4 Å². The van der Waals surface area contributed by atoms with Crippen LogP contribution < -0.4 is 10.6 Å². The minimum absolute atomic E-state index is 0.0479. The number of hydrogen-bond donors (Lipinski definition) is 2. The maximum Gasteiger partial charge on any atom is 0.255 e. The summed E-state index contributed by atoms with van der Waals surface area (Å²) in [4.78, 5) is 38.2. The highest BCUT2D eigenvalue weighted by Gasteiger charge is 2.29. The maximum atomic E-state index is 12.8. The molecule has 1 aromatic carbocycles. The number of hydrogen-bond acceptors (Lipinski definition) is 3. The average Bonchev–Trinajstić information content (AvgIpc) is 3.02. The Balaban J connectivity index is 1.72. The molecular weight excluding hydrogens is 306 g/mol. The van der Waals surface area contributed by atoms with Gasteiger partial charge in [-0.2, -0.15) is 0 Å². The fourth-order valence-electron chi connectivity index (χ4n) is 3.19. The number of anilines is 1. The number of amides is 3. The van der Waals surface area contributed by atoms with Crippen LogP contribution in [0.2, 0.25) is 0 Å². The van der Waals surface area contributed by atoms with Crippen molar-refractivity contribution in [2.45, 2.75) is 38.6 Å². The number of benzene rings is 1. The van der Waals surface area contributed by atoms with E-state index in [9.17, 15) is 14.4 Å². The van der Waals surface area contributed by atoms with Crippen LogP contribution in [0.25, 0.3) is 0 Å². The zero-order chi connectivity index (χ0) is 17.1. The van der Waals surface area contributed by atoms with Crippen molar-refractivity contribution in [3.05, 3.63) is 29.8 Å². The third-order valence-electron chi connectivity index (χ3n) is 4.80. The molecule has 2 N–H and O–H groups in total. The highest BCUT2D eigenvalue weighted by molar-refractivity contribution is 6.06. The summed E-state index contributed by atoms with van der Waals surface area (Å²) in [5.41, 5.74) is 1.01. The summed E-state index contributed by atoms with van der Waals surface area (Å²) in [5, 5.41) is 5.45. The molecule has 128 valence electrons. The van der Waals surface area contributed by atoms with E-state index in [-0.39, 0.29) is 17.7 Å². The first-order valence-corrected chi connectivity index (χ1v) is 8.53. The zero-order valence-electron chi connectivity index (χ0n) is 13.9. The van der Waals surface area contributed by atoms with E-state index in [2.05, 4.69) is 17.6 Å². The van der Waals surface area contributed by atoms with Gasteiger partial charge < -0.3 is 15.5 Å². The molecule has 24 heavy (non-hydrogen) atoms. The quantitative estimate of drug-likeness (QED) is 0.887. The number of piperidine rings is 1. The van der Waals surface area contributed by atoms with E-state index in [4.69, 9.17) is 0 Å². The van der Waals surface area contributed by atoms with Crippen LogP contribution in [0.1, 0.15) is 43.0 Å². The molecule has 1 atom stereocenters. The first-order valence-electron chi connectivity index (χ1n) is 8.53. The molecule has 2 aliphatic rings. The van der Waals surface area contributed by atoms with Gasteiger partial charge in [-0.1, -0.05) is 19.1 Å². The lowest BCUT2D eigenvalue weighted by Crippen LogP contribution is -2.39. The number of para-hydroxylation sites is 1. The van der Waals surface area contributed by atoms with Gasteiger partial charge in [0.2, 0.25) is 11.8 Å². The van der Waals surface area contributed by atoms with Gasteiger partial charge in [0, 0.05) is 19.5 Å². The van der Waals surface area contributed by atoms with Crippen LogP contribution in [0, 0.1) is 5.92 Å². The van der Waals surface area contributed by atoms with Gasteiger partial charge in [-0.25, -0.2) is 0 Å². The fourth-order valence-corrected chi connectivity index (χ4v) is 3.19. The first-order chi connectivity index (χ1) is 11.5. The van der Waals surface area contributed by atoms with E-state index in [1.807, 2.05) is 4.90 Å². The number of nitrogens with one attached hydrogen (secondary N) is 2. The molecule has 2 heterocycles. The number of rotatable bonds is 3. The topological polar surface area (TPSA) is 78.5 Å². The van der Waals surface area contributed by atoms with Crippen LogP contribution in [0.3, 0.4) is 0 Å². The molecule has 0 radical (unpaired) electrons. The lowest BCUT2D eigenvalue weighted by Gasteiger charge is -2.30. The van der Waals surface area contributed by atoms with E-state index in [0.717, 1.165) is 25.9 Å². The molecule has 2 aliphatic heterocycles. The Morgan fingerprint density at radius 1 is 1.17 bits per heavy atom. The predicted octanol–water partition coefficient (Wildman–Crippen LogP) is 1.78. The Kier molecular flexibility index (Phi) is 4.83. The third kappa shape index (κ3) is 3.58. The Morgan fingerprint density at radius 3 is 2.54 bits per heavy atom. The van der Waals surface area contributed by atoms with Crippen LogP contribution in [0.15, 0.2) is 24.3 Å². The van der Waals surface area contributed by atoms with Crippen LogP contribution in [-0.2, 0) is 9.59 Å². The molecule has 1 unspecified atom stereocenters. The Morgan fingerprint density at radius 2 is 1.88 bits per heavy atom. The highest BCUT2D eigenvalue weighted by Crippen LogP contribution is 2.22. The van der Waals surface area contributed by atoms with Crippen molar-refractivity contribution in [1.82, 2.24) is 10.2 Å². The summed E-state index contributed by atoms with van der Waals surface area (Å²) in [6.45, 7) is 3.70. The molecule has 2 saturated heterocycles. The largest absolute Gasteiger partial charge is 0.344 e. The van der Waals surface area contributed by atoms with Gasteiger partial charge in [-0.15, -0.1) is 0 Å². The second kappa shape index (κ2) is 7.03.